The first kappa shape index (κ1) is 21.4. The second-order valence-electron chi connectivity index (χ2n) is 5.49. The van der Waals surface area contributed by atoms with Gasteiger partial charge in [-0.2, -0.15) is 13.2 Å². The molecule has 0 aliphatic rings. The van der Waals surface area contributed by atoms with E-state index in [-0.39, 0.29) is 12.3 Å². The summed E-state index contributed by atoms with van der Waals surface area (Å²) >= 11 is 1.33. The normalized spacial score (nSPS) is 12.6. The number of rotatable bonds is 7. The molecule has 0 radical (unpaired) electrons. The summed E-state index contributed by atoms with van der Waals surface area (Å²) in [5.41, 5.74) is 0.446. The van der Waals surface area contributed by atoms with Gasteiger partial charge in [-0.3, -0.25) is 4.79 Å². The van der Waals surface area contributed by atoms with E-state index in [0.29, 0.717) is 21.7 Å². The number of halogens is 3. The van der Waals surface area contributed by atoms with Crippen molar-refractivity contribution < 1.29 is 27.6 Å². The lowest BCUT2D eigenvalue weighted by molar-refractivity contribution is -0.137. The molecule has 0 aliphatic heterocycles. The Kier molecular flexibility index (Phi) is 7.16. The molecule has 150 valence electrons. The molecule has 1 aromatic heterocycles. The van der Waals surface area contributed by atoms with Crippen LogP contribution < -0.4 is 5.32 Å². The van der Waals surface area contributed by atoms with Crippen LogP contribution in [0.4, 0.5) is 13.2 Å². The second kappa shape index (κ2) is 9.36. The van der Waals surface area contributed by atoms with Crippen molar-refractivity contribution in [3.63, 3.8) is 0 Å². The molecular formula is C18H18F3N3O3S. The summed E-state index contributed by atoms with van der Waals surface area (Å²) in [7, 11) is 2.80. The van der Waals surface area contributed by atoms with Crippen molar-refractivity contribution in [2.75, 3.05) is 14.2 Å². The average Bonchev–Trinajstić information content (AvgIpc) is 3.13. The maximum absolute atomic E-state index is 12.8. The van der Waals surface area contributed by atoms with Gasteiger partial charge in [0.1, 0.15) is 7.11 Å². The highest BCUT2D eigenvalue weighted by Crippen LogP contribution is 2.29. The molecule has 0 aliphatic carbocycles. The van der Waals surface area contributed by atoms with Crippen molar-refractivity contribution in [1.82, 2.24) is 5.32 Å². The number of oxime groups is 2. The largest absolute Gasteiger partial charge is 0.416 e. The molecule has 1 amide bonds. The smallest absolute Gasteiger partial charge is 0.398 e. The predicted molar refractivity (Wildman–Crippen MR) is 100 cm³/mol. The Hall–Kier alpha value is -2.88. The van der Waals surface area contributed by atoms with Crippen molar-refractivity contribution >= 4 is 28.7 Å². The maximum atomic E-state index is 12.8. The van der Waals surface area contributed by atoms with Crippen LogP contribution in [0.3, 0.4) is 0 Å². The Bertz CT molecular complexity index is 891. The minimum absolute atomic E-state index is 0.0169. The fraction of sp³-hybridized carbons (Fsp3) is 0.278. The number of alkyl halides is 3. The summed E-state index contributed by atoms with van der Waals surface area (Å²) in [6.45, 7) is 1.57. The minimum atomic E-state index is -4.43. The summed E-state index contributed by atoms with van der Waals surface area (Å²) in [5, 5.41) is 11.9. The predicted octanol–water partition coefficient (Wildman–Crippen LogP) is 3.80. The van der Waals surface area contributed by atoms with Gasteiger partial charge < -0.3 is 15.0 Å². The van der Waals surface area contributed by atoms with Crippen molar-refractivity contribution in [2.24, 2.45) is 10.3 Å². The summed E-state index contributed by atoms with van der Waals surface area (Å²) in [6, 6.07) is 6.52. The minimum Gasteiger partial charge on any atom is -0.398 e. The lowest BCUT2D eigenvalue weighted by atomic mass is 10.1. The van der Waals surface area contributed by atoms with E-state index in [9.17, 15) is 18.0 Å². The number of amides is 1. The van der Waals surface area contributed by atoms with Crippen LogP contribution in [-0.4, -0.2) is 31.5 Å². The fourth-order valence-electron chi connectivity index (χ4n) is 2.25. The van der Waals surface area contributed by atoms with E-state index in [4.69, 9.17) is 9.68 Å². The van der Waals surface area contributed by atoms with Gasteiger partial charge in [0, 0.05) is 12.6 Å². The number of likely N-dealkylation sites (N-methyl/N-ethyl adjacent to an activating group) is 1. The molecule has 6 nitrogen and oxygen atoms in total. The molecule has 0 saturated carbocycles. The highest BCUT2D eigenvalue weighted by atomic mass is 32.1. The van der Waals surface area contributed by atoms with E-state index in [1.54, 1.807) is 18.4 Å². The first-order chi connectivity index (χ1) is 13.3. The molecule has 1 heterocycles. The molecule has 2 rings (SSSR count). The summed E-state index contributed by atoms with van der Waals surface area (Å²) in [4.78, 5) is 22.6. The summed E-state index contributed by atoms with van der Waals surface area (Å²) in [6.07, 6.45) is -4.43. The van der Waals surface area contributed by atoms with Crippen LogP contribution in [0.15, 0.2) is 46.0 Å². The number of hydrogen-bond donors (Lipinski definition) is 1. The van der Waals surface area contributed by atoms with Gasteiger partial charge in [0.2, 0.25) is 0 Å². The molecule has 0 spiro atoms. The van der Waals surface area contributed by atoms with Crippen molar-refractivity contribution in [1.29, 1.82) is 0 Å². The zero-order chi connectivity index (χ0) is 20.7. The summed E-state index contributed by atoms with van der Waals surface area (Å²) in [5.74, 6) is -0.426. The van der Waals surface area contributed by atoms with E-state index in [2.05, 4.69) is 15.6 Å². The third kappa shape index (κ3) is 5.32. The van der Waals surface area contributed by atoms with Gasteiger partial charge in [-0.15, -0.1) is 11.3 Å². The lowest BCUT2D eigenvalue weighted by Crippen LogP contribution is -2.28. The van der Waals surface area contributed by atoms with Crippen LogP contribution in [0.5, 0.6) is 0 Å². The highest BCUT2D eigenvalue weighted by molar-refractivity contribution is 7.10. The number of carbonyl (C=O) groups excluding carboxylic acids is 1. The molecule has 1 N–H and O–H groups in total. The average molecular weight is 413 g/mol. The topological polar surface area (TPSA) is 72.3 Å². The Labute approximate surface area is 163 Å². The molecule has 0 fully saturated rings. The lowest BCUT2D eigenvalue weighted by Gasteiger charge is -2.09. The quantitative estimate of drug-likeness (QED) is 0.554. The highest BCUT2D eigenvalue weighted by Gasteiger charge is 2.30. The maximum Gasteiger partial charge on any atom is 0.416 e. The number of nitrogens with one attached hydrogen (secondary N) is 1. The van der Waals surface area contributed by atoms with Crippen molar-refractivity contribution in [3.8, 4) is 0 Å². The van der Waals surface area contributed by atoms with E-state index in [0.717, 1.165) is 12.1 Å². The number of carbonyl (C=O) groups is 1. The molecule has 0 saturated heterocycles. The fourth-order valence-corrected chi connectivity index (χ4v) is 3.03. The number of benzene rings is 1. The molecule has 0 bridgehead atoms. The Morgan fingerprint density at radius 1 is 1.25 bits per heavy atom. The Balaban J connectivity index is 2.15. The molecule has 10 heteroatoms. The summed E-state index contributed by atoms with van der Waals surface area (Å²) < 4.78 is 38.5. The van der Waals surface area contributed by atoms with Gasteiger partial charge in [0.05, 0.1) is 16.2 Å². The number of hydrogen-bond acceptors (Lipinski definition) is 6. The molecule has 28 heavy (non-hydrogen) atoms. The molecule has 0 unspecified atom stereocenters. The van der Waals surface area contributed by atoms with Crippen LogP contribution in [0.1, 0.15) is 28.5 Å². The third-order valence-electron chi connectivity index (χ3n) is 3.63. The first-order valence-corrected chi connectivity index (χ1v) is 8.90. The Morgan fingerprint density at radius 3 is 2.64 bits per heavy atom. The second-order valence-corrected chi connectivity index (χ2v) is 6.49. The van der Waals surface area contributed by atoms with Gasteiger partial charge in [-0.25, -0.2) is 0 Å². The van der Waals surface area contributed by atoms with Gasteiger partial charge in [0.25, 0.3) is 5.91 Å². The van der Waals surface area contributed by atoms with Gasteiger partial charge in [-0.05, 0) is 36.1 Å². The zero-order valence-corrected chi connectivity index (χ0v) is 16.1. The third-order valence-corrected chi connectivity index (χ3v) is 4.52. The standard InChI is InChI=1S/C18H18F3N3O3S/c1-11(12-5-4-6-13(9-12)18(19,20)21)23-27-10-15-14(7-8-28-15)16(24-26-3)17(25)22-2/h4-9H,10H2,1-3H3,(H,22,25)/b23-11?,24-16-. The van der Waals surface area contributed by atoms with Crippen molar-refractivity contribution in [2.45, 2.75) is 19.7 Å². The van der Waals surface area contributed by atoms with Crippen LogP contribution in [0, 0.1) is 0 Å². The van der Waals surface area contributed by atoms with E-state index in [1.165, 1.54) is 37.6 Å². The number of thiophene rings is 1. The van der Waals surface area contributed by atoms with Crippen molar-refractivity contribution in [3.05, 3.63) is 57.3 Å². The van der Waals surface area contributed by atoms with Crippen LogP contribution in [0.25, 0.3) is 0 Å². The zero-order valence-electron chi connectivity index (χ0n) is 15.3. The molecule has 2 aromatic rings. The van der Waals surface area contributed by atoms with Crippen LogP contribution in [-0.2, 0) is 27.3 Å². The Morgan fingerprint density at radius 2 is 2.00 bits per heavy atom. The first-order valence-electron chi connectivity index (χ1n) is 8.02. The number of nitrogens with zero attached hydrogens (tertiary/aromatic N) is 2. The monoisotopic (exact) mass is 413 g/mol. The van der Waals surface area contributed by atoms with E-state index in [1.807, 2.05) is 0 Å². The van der Waals surface area contributed by atoms with Gasteiger partial charge in [0.15, 0.2) is 12.3 Å². The van der Waals surface area contributed by atoms with E-state index < -0.39 is 17.6 Å². The van der Waals surface area contributed by atoms with Crippen LogP contribution >= 0.6 is 11.3 Å². The SMILES string of the molecule is CNC(=O)/C(=N\OC)c1ccsc1CON=C(C)c1cccc(C(F)(F)F)c1. The molecule has 1 aromatic carbocycles. The van der Waals surface area contributed by atoms with Gasteiger partial charge in [-0.1, -0.05) is 22.4 Å². The van der Waals surface area contributed by atoms with E-state index >= 15 is 0 Å². The van der Waals surface area contributed by atoms with Crippen LogP contribution in [0.2, 0.25) is 0 Å². The molecule has 0 atom stereocenters. The molecular weight excluding hydrogens is 395 g/mol. The van der Waals surface area contributed by atoms with Gasteiger partial charge >= 0.3 is 6.18 Å².